The summed E-state index contributed by atoms with van der Waals surface area (Å²) in [6.07, 6.45) is 7.12. The Balaban J connectivity index is 0.000000312. The van der Waals surface area contributed by atoms with Crippen LogP contribution in [0.3, 0.4) is 0 Å². The van der Waals surface area contributed by atoms with Crippen molar-refractivity contribution in [1.82, 2.24) is 24.8 Å². The van der Waals surface area contributed by atoms with Gasteiger partial charge in [-0.1, -0.05) is 86.6 Å². The minimum atomic E-state index is -0.972. The van der Waals surface area contributed by atoms with Crippen LogP contribution in [0.5, 0.6) is 0 Å². The summed E-state index contributed by atoms with van der Waals surface area (Å²) in [4.78, 5) is 115. The number of H-pyrrole nitrogens is 4. The number of likely N-dealkylation sites (tertiary alicyclic amines) is 1. The van der Waals surface area contributed by atoms with E-state index in [0.29, 0.717) is 38.6 Å². The number of ether oxygens (including phenoxy) is 1. The summed E-state index contributed by atoms with van der Waals surface area (Å²) >= 11 is 0. The smallest absolute Gasteiger partial charge is 0.411 e. The maximum absolute atomic E-state index is 12.3. The summed E-state index contributed by atoms with van der Waals surface area (Å²) in [5.74, 6) is -7.34. The summed E-state index contributed by atoms with van der Waals surface area (Å²) in [5.41, 5.74) is 39.2. The standard InChI is InChI=1S/C17H22N2O3.C16H21N3O3.C12H13NO2.C11H12N2O2.C10H17NO4.C4H10N2O2.B/c1-10(16(21)8-14(11(2)20)17(18)22)7-12-9-19-15-6-4-3-5-13(12)15;1-9(20)12(16(18)22)7-15(21)13(17)6-10-8-19-14-5-3-2-4-11(10)14;1-8(12(14)15)6-9-7-13-11-5-3-2-4-10(9)11;12-9(11(14)15)5-7-6-13-10-4-2-1-3-8(7)10;1-10(2,3)15-9(14)11-6-4-5-7(11)8(12)13;1-2(7)3(5)4(6)8;/h3-6,9-11,14,19-20H,7-8H2,1-2H3,(H2,18,22);2-5,8-9,12-13,19-20H,6-7,17H2,1H3,(H2,18,22);2-5,7-8,13H,6H2,1H3,(H,14,15);1-4,6,9,13H,5,12H2,(H,14,15);7H,4-6H2,1-3H3,(H,12,13);2-3,7H,5H2,1H3,(H2,6,8);/t10-,11+,14-;9-,12+,13+;8-;9-;7-;2-,3+;/m010001./s1. The number of rotatable bonds is 23. The number of Topliss-reactive ketones (excluding diaryl/α,β-unsaturated/α-hetero) is 2. The highest BCUT2D eigenvalue weighted by Gasteiger charge is 2.37. The molecule has 8 aromatic rings. The molecular formula is C70H95BN11O16. The average molecular weight is 1360 g/mol. The zero-order valence-corrected chi connectivity index (χ0v) is 56.5. The van der Waals surface area contributed by atoms with E-state index >= 15 is 0 Å². The van der Waals surface area contributed by atoms with E-state index in [-0.39, 0.29) is 44.7 Å². The van der Waals surface area contributed by atoms with Crippen molar-refractivity contribution in [2.45, 2.75) is 155 Å². The first-order valence-corrected chi connectivity index (χ1v) is 31.6. The van der Waals surface area contributed by atoms with Crippen LogP contribution in [0.1, 0.15) is 103 Å². The molecule has 11 atom stereocenters. The van der Waals surface area contributed by atoms with Gasteiger partial charge in [0.25, 0.3) is 0 Å². The van der Waals surface area contributed by atoms with Crippen LogP contribution in [0.15, 0.2) is 122 Å². The van der Waals surface area contributed by atoms with Crippen LogP contribution in [0, 0.1) is 23.7 Å². The van der Waals surface area contributed by atoms with Gasteiger partial charge in [0.15, 0.2) is 5.78 Å². The number of carbonyl (C=O) groups is 9. The first kappa shape index (κ1) is 82.5. The molecule has 0 bridgehead atoms. The molecular weight excluding hydrogens is 1260 g/mol. The lowest BCUT2D eigenvalue weighted by atomic mass is 9.88. The molecule has 1 saturated heterocycles. The van der Waals surface area contributed by atoms with Crippen LogP contribution in [0.4, 0.5) is 4.79 Å². The van der Waals surface area contributed by atoms with Gasteiger partial charge in [-0.3, -0.25) is 38.5 Å². The van der Waals surface area contributed by atoms with Crippen LogP contribution < -0.4 is 34.4 Å². The summed E-state index contributed by atoms with van der Waals surface area (Å²) in [6, 6.07) is 28.1. The number of para-hydroxylation sites is 4. The van der Waals surface area contributed by atoms with E-state index in [1.807, 2.05) is 129 Å². The zero-order chi connectivity index (χ0) is 72.6. The van der Waals surface area contributed by atoms with Crippen molar-refractivity contribution in [3.8, 4) is 0 Å². The Morgan fingerprint density at radius 3 is 1.15 bits per heavy atom. The number of aliphatic hydroxyl groups excluding tert-OH is 3. The molecule has 0 spiro atoms. The maximum Gasteiger partial charge on any atom is 0.411 e. The molecule has 0 unspecified atom stereocenters. The number of nitrogens with one attached hydrogen (secondary N) is 4. The average Bonchev–Trinajstić information content (AvgIpc) is 1.67. The second-order valence-corrected chi connectivity index (χ2v) is 25.1. The number of ketones is 2. The molecule has 3 radical (unpaired) electrons. The molecule has 27 nitrogen and oxygen atoms in total. The number of benzene rings is 4. The summed E-state index contributed by atoms with van der Waals surface area (Å²) < 4.78 is 5.13. The number of aromatic nitrogens is 4. The molecule has 4 aromatic heterocycles. The fourth-order valence-corrected chi connectivity index (χ4v) is 10.3. The van der Waals surface area contributed by atoms with Crippen LogP contribution >= 0.6 is 0 Å². The quantitative estimate of drug-likeness (QED) is 0.0371. The summed E-state index contributed by atoms with van der Waals surface area (Å²) in [7, 11) is 0. The highest BCUT2D eigenvalue weighted by atomic mass is 16.6. The van der Waals surface area contributed by atoms with Crippen LogP contribution in [0.2, 0.25) is 0 Å². The first-order valence-electron chi connectivity index (χ1n) is 31.6. The number of hydrogen-bond acceptors (Lipinski definition) is 16. The molecule has 9 rings (SSSR count). The highest BCUT2D eigenvalue weighted by molar-refractivity contribution is 5.92. The number of nitrogens with two attached hydrogens (primary N) is 6. The van der Waals surface area contributed by atoms with Crippen molar-refractivity contribution in [2.24, 2.45) is 58.1 Å². The van der Waals surface area contributed by atoms with Gasteiger partial charge in [0.2, 0.25) is 17.7 Å². The van der Waals surface area contributed by atoms with Crippen LogP contribution in [0.25, 0.3) is 43.6 Å². The highest BCUT2D eigenvalue weighted by Crippen LogP contribution is 2.26. The number of carboxylic acids is 3. The Morgan fingerprint density at radius 2 is 0.847 bits per heavy atom. The predicted octanol–water partition coefficient (Wildman–Crippen LogP) is 5.09. The SMILES string of the molecule is CC(C)(C)OC(=O)N1CCC[C@H]1C(=O)O.C[C@@H](Cc1c[nH]c2ccccc12)C(=O)C[C@H](C(N)=O)[C@@H](C)O.C[C@@H](Cc1c[nH]c2ccccc12)C(=O)O.C[C@@H](O)[C@H](CC(=O)[C@@H](N)Cc1c[nH]c2ccccc12)C(N)=O.C[C@@H](O)[C@H](N)C(N)=O.N[C@@H](Cc1c[nH]c2ccccc12)C(=O)O.[B]. The van der Waals surface area contributed by atoms with E-state index in [9.17, 15) is 53.4 Å². The molecule has 0 saturated carbocycles. The molecule has 0 aliphatic carbocycles. The molecule has 28 heteroatoms. The Labute approximate surface area is 570 Å². The number of fused-ring (bicyclic) bond motifs is 4. The lowest BCUT2D eigenvalue weighted by Crippen LogP contribution is -2.44. The van der Waals surface area contributed by atoms with Crippen molar-refractivity contribution >= 4 is 105 Å². The van der Waals surface area contributed by atoms with E-state index in [0.717, 1.165) is 72.3 Å². The van der Waals surface area contributed by atoms with Crippen molar-refractivity contribution in [3.05, 3.63) is 144 Å². The number of nitrogens with zero attached hydrogens (tertiary/aromatic N) is 1. The third kappa shape index (κ3) is 25.4. The Kier molecular flexibility index (Phi) is 32.7. The summed E-state index contributed by atoms with van der Waals surface area (Å²) in [5, 5.41) is 58.3. The molecule has 1 aliphatic heterocycles. The van der Waals surface area contributed by atoms with Gasteiger partial charge >= 0.3 is 24.0 Å². The molecule has 4 amide bonds. The predicted molar refractivity (Wildman–Crippen MR) is 374 cm³/mol. The second kappa shape index (κ2) is 38.9. The number of carboxylic acid groups (broad SMARTS) is 3. The molecule has 98 heavy (non-hydrogen) atoms. The van der Waals surface area contributed by atoms with Crippen molar-refractivity contribution in [3.63, 3.8) is 0 Å². The van der Waals surface area contributed by atoms with Gasteiger partial charge in [-0.2, -0.15) is 0 Å². The fraction of sp³-hybridized carbons (Fsp3) is 0.414. The number of hydrogen-bond donors (Lipinski definition) is 16. The van der Waals surface area contributed by atoms with Crippen molar-refractivity contribution in [1.29, 1.82) is 0 Å². The number of primary amides is 3. The first-order chi connectivity index (χ1) is 45.5. The summed E-state index contributed by atoms with van der Waals surface area (Å²) in [6.45, 7) is 13.6. The van der Waals surface area contributed by atoms with E-state index in [2.05, 4.69) is 19.9 Å². The molecule has 22 N–H and O–H groups in total. The lowest BCUT2D eigenvalue weighted by molar-refractivity contribution is -0.142. The van der Waals surface area contributed by atoms with Gasteiger partial charge in [-0.25, -0.2) is 9.59 Å². The minimum Gasteiger partial charge on any atom is -0.481 e. The third-order valence-corrected chi connectivity index (χ3v) is 16.1. The molecule has 5 heterocycles. The number of carbonyl (C=O) groups excluding carboxylic acids is 6. The van der Waals surface area contributed by atoms with Gasteiger partial charge in [0.05, 0.1) is 42.1 Å². The van der Waals surface area contributed by atoms with Crippen LogP contribution in [-0.2, 0) is 68.8 Å². The molecule has 1 fully saturated rings. The third-order valence-electron chi connectivity index (χ3n) is 16.1. The maximum atomic E-state index is 12.3. The minimum absolute atomic E-state index is 0. The number of aromatic amines is 4. The van der Waals surface area contributed by atoms with Gasteiger partial charge < -0.3 is 89.7 Å². The number of amides is 4. The number of aliphatic hydroxyl groups is 3. The molecule has 4 aromatic carbocycles. The van der Waals surface area contributed by atoms with Crippen molar-refractivity contribution in [2.75, 3.05) is 6.54 Å². The Morgan fingerprint density at radius 1 is 0.500 bits per heavy atom. The van der Waals surface area contributed by atoms with Crippen LogP contribution in [-0.4, -0.2) is 172 Å². The van der Waals surface area contributed by atoms with Crippen molar-refractivity contribution < 1.29 is 78.5 Å². The van der Waals surface area contributed by atoms with Gasteiger partial charge in [0, 0.05) is 109 Å². The largest absolute Gasteiger partial charge is 0.481 e. The van der Waals surface area contributed by atoms with E-state index in [1.54, 1.807) is 27.7 Å². The van der Waals surface area contributed by atoms with Gasteiger partial charge in [0.1, 0.15) is 29.5 Å². The van der Waals surface area contributed by atoms with Gasteiger partial charge in [-0.05, 0) is 120 Å². The lowest BCUT2D eigenvalue weighted by Gasteiger charge is -2.26. The monoisotopic (exact) mass is 1360 g/mol. The number of aliphatic carboxylic acids is 3. The Bertz CT molecular complexity index is 3720. The zero-order valence-electron chi connectivity index (χ0n) is 56.5. The van der Waals surface area contributed by atoms with E-state index < -0.39 is 102 Å². The van der Waals surface area contributed by atoms with Gasteiger partial charge in [-0.15, -0.1) is 0 Å². The second-order valence-electron chi connectivity index (χ2n) is 25.1. The molecule has 529 valence electrons. The van der Waals surface area contributed by atoms with E-state index in [1.165, 1.54) is 25.7 Å². The molecule has 1 aliphatic rings. The Hall–Kier alpha value is -9.71. The normalized spacial score (nSPS) is 15.6. The topological polar surface area (TPSA) is 507 Å². The fourth-order valence-electron chi connectivity index (χ4n) is 10.3. The van der Waals surface area contributed by atoms with E-state index in [4.69, 9.17) is 59.6 Å².